The molecule has 1 N–H and O–H groups in total. The SMILES string of the molecule is COC(=O)c1cccc(N2CC(Oc3ccc(CC(=O)Nc4cccnc4)cc3)C2)c1. The van der Waals surface area contributed by atoms with Crippen LogP contribution in [0.4, 0.5) is 11.4 Å². The lowest BCUT2D eigenvalue weighted by Gasteiger charge is -2.40. The molecule has 158 valence electrons. The normalized spacial score (nSPS) is 13.3. The molecule has 3 aromatic rings. The lowest BCUT2D eigenvalue weighted by atomic mass is 10.1. The highest BCUT2D eigenvalue weighted by Crippen LogP contribution is 2.25. The van der Waals surface area contributed by atoms with Crippen molar-refractivity contribution in [1.82, 2.24) is 4.98 Å². The molecular formula is C24H23N3O4. The highest BCUT2D eigenvalue weighted by Gasteiger charge is 2.29. The molecule has 7 heteroatoms. The van der Waals surface area contributed by atoms with Gasteiger partial charge >= 0.3 is 5.97 Å². The minimum atomic E-state index is -0.343. The van der Waals surface area contributed by atoms with Gasteiger partial charge in [-0.2, -0.15) is 0 Å². The summed E-state index contributed by atoms with van der Waals surface area (Å²) in [6.07, 6.45) is 3.63. The summed E-state index contributed by atoms with van der Waals surface area (Å²) in [6.45, 7) is 1.47. The standard InChI is InChI=1S/C24H23N3O4/c1-30-24(29)18-4-2-6-20(13-18)27-15-22(16-27)31-21-9-7-17(8-10-21)12-23(28)26-19-5-3-11-25-14-19/h2-11,13-14,22H,12,15-16H2,1H3,(H,26,28). The molecule has 31 heavy (non-hydrogen) atoms. The van der Waals surface area contributed by atoms with Crippen LogP contribution in [0.1, 0.15) is 15.9 Å². The van der Waals surface area contributed by atoms with Crippen molar-refractivity contribution in [1.29, 1.82) is 0 Å². The van der Waals surface area contributed by atoms with Crippen molar-refractivity contribution < 1.29 is 19.1 Å². The van der Waals surface area contributed by atoms with Crippen LogP contribution in [0.5, 0.6) is 5.75 Å². The summed E-state index contributed by atoms with van der Waals surface area (Å²) in [6, 6.07) is 18.5. The third kappa shape index (κ3) is 5.19. The average molecular weight is 417 g/mol. The van der Waals surface area contributed by atoms with Crippen LogP contribution in [-0.2, 0) is 16.0 Å². The molecule has 7 nitrogen and oxygen atoms in total. The highest BCUT2D eigenvalue weighted by atomic mass is 16.5. The van der Waals surface area contributed by atoms with Crippen LogP contribution in [0.25, 0.3) is 0 Å². The van der Waals surface area contributed by atoms with Gasteiger partial charge in [-0.15, -0.1) is 0 Å². The van der Waals surface area contributed by atoms with Crippen LogP contribution in [0, 0.1) is 0 Å². The van der Waals surface area contributed by atoms with Gasteiger partial charge in [0, 0.05) is 11.9 Å². The molecule has 0 atom stereocenters. The van der Waals surface area contributed by atoms with Crippen molar-refractivity contribution in [3.8, 4) is 5.75 Å². The second kappa shape index (κ2) is 9.30. The Kier molecular flexibility index (Phi) is 6.12. The maximum absolute atomic E-state index is 12.2. The molecule has 1 saturated heterocycles. The number of carbonyl (C=O) groups excluding carboxylic acids is 2. The summed E-state index contributed by atoms with van der Waals surface area (Å²) in [5.41, 5.74) is 3.09. The number of esters is 1. The fourth-order valence-corrected chi connectivity index (χ4v) is 3.38. The topological polar surface area (TPSA) is 80.8 Å². The van der Waals surface area contributed by atoms with E-state index in [4.69, 9.17) is 9.47 Å². The number of carbonyl (C=O) groups is 2. The van der Waals surface area contributed by atoms with Gasteiger partial charge in [0.05, 0.1) is 44.1 Å². The third-order valence-electron chi connectivity index (χ3n) is 5.02. The Labute approximate surface area is 180 Å². The number of benzene rings is 2. The Hall–Kier alpha value is -3.87. The van der Waals surface area contributed by atoms with E-state index >= 15 is 0 Å². The van der Waals surface area contributed by atoms with E-state index < -0.39 is 0 Å². The zero-order valence-corrected chi connectivity index (χ0v) is 17.2. The lowest BCUT2D eigenvalue weighted by molar-refractivity contribution is -0.115. The predicted molar refractivity (Wildman–Crippen MR) is 117 cm³/mol. The number of anilines is 2. The summed E-state index contributed by atoms with van der Waals surface area (Å²) >= 11 is 0. The van der Waals surface area contributed by atoms with Gasteiger partial charge in [-0.05, 0) is 48.0 Å². The van der Waals surface area contributed by atoms with E-state index in [0.717, 1.165) is 30.1 Å². The van der Waals surface area contributed by atoms with Crippen LogP contribution in [0.2, 0.25) is 0 Å². The summed E-state index contributed by atoms with van der Waals surface area (Å²) < 4.78 is 10.8. The quantitative estimate of drug-likeness (QED) is 0.594. The molecule has 1 fully saturated rings. The summed E-state index contributed by atoms with van der Waals surface area (Å²) in [5.74, 6) is 0.333. The number of pyridine rings is 1. The van der Waals surface area contributed by atoms with Crippen molar-refractivity contribution in [3.63, 3.8) is 0 Å². The molecule has 4 rings (SSSR count). The van der Waals surface area contributed by atoms with Gasteiger partial charge in [-0.25, -0.2) is 4.79 Å². The van der Waals surface area contributed by atoms with Gasteiger partial charge in [0.25, 0.3) is 0 Å². The first-order valence-electron chi connectivity index (χ1n) is 9.99. The number of amides is 1. The fraction of sp³-hybridized carbons (Fsp3) is 0.208. The molecule has 0 aliphatic carbocycles. The van der Waals surface area contributed by atoms with Gasteiger partial charge in [-0.3, -0.25) is 9.78 Å². The number of hydrogen-bond donors (Lipinski definition) is 1. The van der Waals surface area contributed by atoms with Crippen LogP contribution < -0.4 is 15.0 Å². The molecule has 2 aromatic carbocycles. The number of nitrogens with zero attached hydrogens (tertiary/aromatic N) is 2. The van der Waals surface area contributed by atoms with E-state index in [0.29, 0.717) is 11.3 Å². The molecule has 1 aromatic heterocycles. The van der Waals surface area contributed by atoms with Gasteiger partial charge in [-0.1, -0.05) is 18.2 Å². The number of aromatic nitrogens is 1. The zero-order valence-electron chi connectivity index (χ0n) is 17.2. The summed E-state index contributed by atoms with van der Waals surface area (Å²) in [7, 11) is 1.38. The first kappa shape index (κ1) is 20.4. The Morgan fingerprint density at radius 1 is 1.10 bits per heavy atom. The minimum absolute atomic E-state index is 0.0708. The maximum atomic E-state index is 12.2. The molecule has 0 radical (unpaired) electrons. The van der Waals surface area contributed by atoms with E-state index in [-0.39, 0.29) is 24.4 Å². The smallest absolute Gasteiger partial charge is 0.337 e. The van der Waals surface area contributed by atoms with E-state index in [1.165, 1.54) is 7.11 Å². The molecule has 2 heterocycles. The van der Waals surface area contributed by atoms with Gasteiger partial charge in [0.1, 0.15) is 11.9 Å². The Balaban J connectivity index is 1.26. The largest absolute Gasteiger partial charge is 0.487 e. The first-order chi connectivity index (χ1) is 15.1. The van der Waals surface area contributed by atoms with E-state index in [2.05, 4.69) is 15.2 Å². The Bertz CT molecular complexity index is 1050. The van der Waals surface area contributed by atoms with Gasteiger partial charge < -0.3 is 19.7 Å². The van der Waals surface area contributed by atoms with Gasteiger partial charge in [0.2, 0.25) is 5.91 Å². The number of nitrogens with one attached hydrogen (secondary N) is 1. The van der Waals surface area contributed by atoms with Crippen LogP contribution in [0.3, 0.4) is 0 Å². The molecule has 0 saturated carbocycles. The molecule has 0 unspecified atom stereocenters. The third-order valence-corrected chi connectivity index (χ3v) is 5.02. The molecular weight excluding hydrogens is 394 g/mol. The van der Waals surface area contributed by atoms with E-state index in [1.54, 1.807) is 30.6 Å². The van der Waals surface area contributed by atoms with E-state index in [1.807, 2.05) is 42.5 Å². The minimum Gasteiger partial charge on any atom is -0.487 e. The number of ether oxygens (including phenoxy) is 2. The molecule has 0 spiro atoms. The predicted octanol–water partition coefficient (Wildman–Crippen LogP) is 3.32. The van der Waals surface area contributed by atoms with Gasteiger partial charge in [0.15, 0.2) is 0 Å². The monoisotopic (exact) mass is 417 g/mol. The van der Waals surface area contributed by atoms with E-state index in [9.17, 15) is 9.59 Å². The summed E-state index contributed by atoms with van der Waals surface area (Å²) in [5, 5.41) is 2.82. The van der Waals surface area contributed by atoms with Crippen LogP contribution >= 0.6 is 0 Å². The Morgan fingerprint density at radius 3 is 2.61 bits per heavy atom. The molecule has 0 bridgehead atoms. The average Bonchev–Trinajstić information content (AvgIpc) is 2.77. The number of rotatable bonds is 7. The van der Waals surface area contributed by atoms with Crippen molar-refractivity contribution in [2.24, 2.45) is 0 Å². The van der Waals surface area contributed by atoms with Crippen molar-refractivity contribution in [2.45, 2.75) is 12.5 Å². The van der Waals surface area contributed by atoms with Crippen molar-refractivity contribution in [3.05, 3.63) is 84.2 Å². The van der Waals surface area contributed by atoms with Crippen LogP contribution in [-0.4, -0.2) is 43.2 Å². The second-order valence-corrected chi connectivity index (χ2v) is 7.30. The Morgan fingerprint density at radius 2 is 1.90 bits per heavy atom. The fourth-order valence-electron chi connectivity index (χ4n) is 3.38. The second-order valence-electron chi connectivity index (χ2n) is 7.30. The summed E-state index contributed by atoms with van der Waals surface area (Å²) in [4.78, 5) is 30.0. The number of methoxy groups -OCH3 is 1. The molecule has 1 amide bonds. The first-order valence-corrected chi connectivity index (χ1v) is 9.99. The zero-order chi connectivity index (χ0) is 21.6. The number of hydrogen-bond acceptors (Lipinski definition) is 6. The maximum Gasteiger partial charge on any atom is 0.337 e. The lowest BCUT2D eigenvalue weighted by Crippen LogP contribution is -2.54. The van der Waals surface area contributed by atoms with Crippen LogP contribution in [0.15, 0.2) is 73.1 Å². The van der Waals surface area contributed by atoms with Crippen molar-refractivity contribution in [2.75, 3.05) is 30.4 Å². The highest BCUT2D eigenvalue weighted by molar-refractivity contribution is 5.92. The molecule has 1 aliphatic heterocycles. The van der Waals surface area contributed by atoms with Crippen molar-refractivity contribution >= 4 is 23.3 Å². The molecule has 1 aliphatic rings.